The Morgan fingerprint density at radius 3 is 2.21 bits per heavy atom. The fourth-order valence-corrected chi connectivity index (χ4v) is 3.39. The Bertz CT molecular complexity index is 1220. The van der Waals surface area contributed by atoms with Crippen molar-refractivity contribution < 1.29 is 32.6 Å². The van der Waals surface area contributed by atoms with Gasteiger partial charge in [-0.25, -0.2) is 9.78 Å². The van der Waals surface area contributed by atoms with Gasteiger partial charge >= 0.3 is 12.1 Å². The van der Waals surface area contributed by atoms with E-state index < -0.39 is 35.1 Å². The molecule has 6 nitrogen and oxygen atoms in total. The lowest BCUT2D eigenvalue weighted by Gasteiger charge is -2.28. The van der Waals surface area contributed by atoms with E-state index in [1.807, 2.05) is 0 Å². The number of alkyl halides is 3. The van der Waals surface area contributed by atoms with Gasteiger partial charge in [-0.15, -0.1) is 0 Å². The molecule has 3 aromatic rings. The smallest absolute Gasteiger partial charge is 0.416 e. The number of ether oxygens (including phenoxy) is 1. The summed E-state index contributed by atoms with van der Waals surface area (Å²) in [4.78, 5) is 29.3. The molecule has 0 radical (unpaired) electrons. The van der Waals surface area contributed by atoms with Crippen LogP contribution >= 0.6 is 0 Å². The van der Waals surface area contributed by atoms with Crippen LogP contribution in [0.15, 0.2) is 48.5 Å². The average Bonchev–Trinajstić information content (AvgIpc) is 2.74. The number of pyridine rings is 1. The molecule has 0 spiro atoms. The van der Waals surface area contributed by atoms with E-state index in [0.717, 1.165) is 12.1 Å². The zero-order chi connectivity index (χ0) is 25.3. The molecule has 1 aromatic heterocycles. The predicted octanol–water partition coefficient (Wildman–Crippen LogP) is 5.37. The maximum Gasteiger partial charge on any atom is 0.416 e. The van der Waals surface area contributed by atoms with Gasteiger partial charge in [0.2, 0.25) is 0 Å². The van der Waals surface area contributed by atoms with Crippen molar-refractivity contribution in [3.8, 4) is 5.75 Å². The third-order valence-corrected chi connectivity index (χ3v) is 5.25. The van der Waals surface area contributed by atoms with Crippen molar-refractivity contribution in [2.75, 3.05) is 0 Å². The summed E-state index contributed by atoms with van der Waals surface area (Å²) in [5.74, 6) is -1.71. The Morgan fingerprint density at radius 1 is 1.03 bits per heavy atom. The van der Waals surface area contributed by atoms with Crippen molar-refractivity contribution in [1.29, 1.82) is 0 Å². The van der Waals surface area contributed by atoms with Gasteiger partial charge in [-0.2, -0.15) is 13.2 Å². The molecular weight excluding hydrogens is 449 g/mol. The SMILES string of the molecule is Cc1ccc2ccc(C(=O)NC(C(=O)O)C(C)(C)C)c(OCc3ccc(C(F)(F)F)cc3)c2n1. The molecule has 0 aliphatic heterocycles. The number of carboxylic acids is 1. The van der Waals surface area contributed by atoms with E-state index in [0.29, 0.717) is 22.2 Å². The number of carboxylic acid groups (broad SMARTS) is 1. The van der Waals surface area contributed by atoms with Crippen molar-refractivity contribution >= 4 is 22.8 Å². The highest BCUT2D eigenvalue weighted by Crippen LogP contribution is 2.32. The first-order valence-corrected chi connectivity index (χ1v) is 10.5. The number of carbonyl (C=O) groups excluding carboxylic acids is 1. The van der Waals surface area contributed by atoms with Gasteiger partial charge in [-0.05, 0) is 42.2 Å². The first kappa shape index (κ1) is 25.0. The fraction of sp³-hybridized carbons (Fsp3) is 0.320. The number of hydrogen-bond acceptors (Lipinski definition) is 4. The van der Waals surface area contributed by atoms with E-state index in [9.17, 15) is 27.9 Å². The van der Waals surface area contributed by atoms with Crippen LogP contribution in [0.4, 0.5) is 13.2 Å². The fourth-order valence-electron chi connectivity index (χ4n) is 3.39. The molecule has 180 valence electrons. The molecule has 0 fully saturated rings. The van der Waals surface area contributed by atoms with Crippen LogP contribution in [-0.4, -0.2) is 28.0 Å². The molecule has 3 rings (SSSR count). The number of aryl methyl sites for hydroxylation is 1. The number of nitrogens with zero attached hydrogens (tertiary/aromatic N) is 1. The summed E-state index contributed by atoms with van der Waals surface area (Å²) in [7, 11) is 0. The van der Waals surface area contributed by atoms with Crippen molar-refractivity contribution in [3.63, 3.8) is 0 Å². The summed E-state index contributed by atoms with van der Waals surface area (Å²) in [5, 5.41) is 12.8. The van der Waals surface area contributed by atoms with Crippen LogP contribution in [0.3, 0.4) is 0 Å². The summed E-state index contributed by atoms with van der Waals surface area (Å²) in [6.45, 7) is 6.73. The van der Waals surface area contributed by atoms with E-state index in [4.69, 9.17) is 4.74 Å². The molecule has 1 amide bonds. The second-order valence-corrected chi connectivity index (χ2v) is 9.06. The van der Waals surface area contributed by atoms with E-state index in [2.05, 4.69) is 10.3 Å². The first-order chi connectivity index (χ1) is 15.8. The van der Waals surface area contributed by atoms with Gasteiger partial charge in [0, 0.05) is 11.1 Å². The molecule has 2 aromatic carbocycles. The first-order valence-electron chi connectivity index (χ1n) is 10.5. The molecule has 0 aliphatic carbocycles. The minimum atomic E-state index is -4.45. The topological polar surface area (TPSA) is 88.5 Å². The monoisotopic (exact) mass is 474 g/mol. The number of hydrogen-bond donors (Lipinski definition) is 2. The minimum Gasteiger partial charge on any atom is -0.486 e. The maximum absolute atomic E-state index is 13.1. The Labute approximate surface area is 194 Å². The number of carbonyl (C=O) groups is 2. The Kier molecular flexibility index (Phi) is 6.86. The summed E-state index contributed by atoms with van der Waals surface area (Å²) in [6, 6.07) is 10.1. The van der Waals surface area contributed by atoms with E-state index in [1.165, 1.54) is 18.2 Å². The van der Waals surface area contributed by atoms with Crippen LogP contribution in [0.1, 0.15) is 48.0 Å². The van der Waals surface area contributed by atoms with Crippen LogP contribution in [0.2, 0.25) is 0 Å². The minimum absolute atomic E-state index is 0.0769. The molecule has 1 unspecified atom stereocenters. The van der Waals surface area contributed by atoms with Crippen LogP contribution in [0.25, 0.3) is 10.9 Å². The van der Waals surface area contributed by atoms with E-state index in [1.54, 1.807) is 45.9 Å². The standard InChI is InChI=1S/C25H25F3N2O4/c1-14-5-8-16-9-12-18(22(31)30-21(23(32)33)24(2,3)4)20(19(16)29-14)34-13-15-6-10-17(11-7-15)25(26,27)28/h5-12,21H,13H2,1-4H3,(H,30,31)(H,32,33). The molecule has 0 aliphatic rings. The van der Waals surface area contributed by atoms with Crippen molar-refractivity contribution in [1.82, 2.24) is 10.3 Å². The van der Waals surface area contributed by atoms with Gasteiger partial charge in [0.15, 0.2) is 5.75 Å². The van der Waals surface area contributed by atoms with Gasteiger partial charge in [-0.3, -0.25) is 4.79 Å². The summed E-state index contributed by atoms with van der Waals surface area (Å²) < 4.78 is 44.4. The van der Waals surface area contributed by atoms with Gasteiger partial charge < -0.3 is 15.2 Å². The second-order valence-electron chi connectivity index (χ2n) is 9.06. The molecule has 9 heteroatoms. The van der Waals surface area contributed by atoms with Crippen LogP contribution in [-0.2, 0) is 17.6 Å². The van der Waals surface area contributed by atoms with Crippen molar-refractivity contribution in [2.45, 2.75) is 46.5 Å². The van der Waals surface area contributed by atoms with Crippen molar-refractivity contribution in [2.24, 2.45) is 5.41 Å². The molecule has 2 N–H and O–H groups in total. The normalized spacial score (nSPS) is 12.9. The molecule has 0 saturated carbocycles. The number of aliphatic carboxylic acids is 1. The molecule has 0 saturated heterocycles. The number of nitrogens with one attached hydrogen (secondary N) is 1. The quantitative estimate of drug-likeness (QED) is 0.502. The van der Waals surface area contributed by atoms with Gasteiger partial charge in [0.1, 0.15) is 18.2 Å². The van der Waals surface area contributed by atoms with E-state index >= 15 is 0 Å². The van der Waals surface area contributed by atoms with Crippen LogP contribution < -0.4 is 10.1 Å². The predicted molar refractivity (Wildman–Crippen MR) is 121 cm³/mol. The number of rotatable bonds is 6. The lowest BCUT2D eigenvalue weighted by Crippen LogP contribution is -2.49. The van der Waals surface area contributed by atoms with Gasteiger partial charge in [-0.1, -0.05) is 45.0 Å². The molecule has 0 bridgehead atoms. The Balaban J connectivity index is 1.98. The van der Waals surface area contributed by atoms with E-state index in [-0.39, 0.29) is 17.9 Å². The molecule has 1 atom stereocenters. The zero-order valence-electron chi connectivity index (χ0n) is 19.2. The van der Waals surface area contributed by atoms with Gasteiger partial charge in [0.25, 0.3) is 5.91 Å². The Hall–Kier alpha value is -3.62. The summed E-state index contributed by atoms with van der Waals surface area (Å²) in [5.41, 5.74) is 0.0644. The Morgan fingerprint density at radius 2 is 1.65 bits per heavy atom. The maximum atomic E-state index is 13.1. The highest BCUT2D eigenvalue weighted by molar-refractivity contribution is 6.04. The summed E-state index contributed by atoms with van der Waals surface area (Å²) in [6.07, 6.45) is -4.45. The van der Waals surface area contributed by atoms with Crippen LogP contribution in [0, 0.1) is 12.3 Å². The molecule has 1 heterocycles. The summed E-state index contributed by atoms with van der Waals surface area (Å²) >= 11 is 0. The highest BCUT2D eigenvalue weighted by Gasteiger charge is 2.34. The second kappa shape index (κ2) is 9.32. The van der Waals surface area contributed by atoms with Crippen LogP contribution in [0.5, 0.6) is 5.75 Å². The third-order valence-electron chi connectivity index (χ3n) is 5.25. The number of amides is 1. The number of benzene rings is 2. The number of fused-ring (bicyclic) bond motifs is 1. The third kappa shape index (κ3) is 5.65. The number of aromatic nitrogens is 1. The number of halogens is 3. The average molecular weight is 474 g/mol. The molecular formula is C25H25F3N2O4. The zero-order valence-corrected chi connectivity index (χ0v) is 19.2. The highest BCUT2D eigenvalue weighted by atomic mass is 19.4. The lowest BCUT2D eigenvalue weighted by atomic mass is 9.86. The largest absolute Gasteiger partial charge is 0.486 e. The van der Waals surface area contributed by atoms with Gasteiger partial charge in [0.05, 0.1) is 11.1 Å². The van der Waals surface area contributed by atoms with Crippen molar-refractivity contribution in [3.05, 3.63) is 70.9 Å². The lowest BCUT2D eigenvalue weighted by molar-refractivity contribution is -0.142. The molecule has 34 heavy (non-hydrogen) atoms.